The molecule has 3 fully saturated rings. The number of hydrogen-bond donors (Lipinski definition) is 3. The Bertz CT molecular complexity index is 768. The number of likely N-dealkylation sites (tertiary alicyclic amines) is 1. The number of piperidine rings is 1. The lowest BCUT2D eigenvalue weighted by Gasteiger charge is -2.25. The Hall–Kier alpha value is 2.57. The molecule has 0 aromatic heterocycles. The zero-order valence-electron chi connectivity index (χ0n) is 31.0. The minimum absolute atomic E-state index is 0.0255. The molecule has 3 saturated heterocycles. The van der Waals surface area contributed by atoms with Gasteiger partial charge in [-0.1, -0.05) is 205 Å². The van der Waals surface area contributed by atoms with Crippen molar-refractivity contribution in [1.29, 1.82) is 0 Å². The molecule has 3 aliphatic rings. The molecule has 0 bridgehead atoms. The van der Waals surface area contributed by atoms with E-state index in [1.165, 1.54) is 36.8 Å². The first-order chi connectivity index (χ1) is 23.8. The summed E-state index contributed by atoms with van der Waals surface area (Å²) in [6.07, 6.45) is 11.5. The fourth-order valence-electron chi connectivity index (χ4n) is 3.85. The van der Waals surface area contributed by atoms with Gasteiger partial charge in [0.1, 0.15) is -0.565 Å². The van der Waals surface area contributed by atoms with E-state index in [1.807, 2.05) is 50.3 Å². The van der Waals surface area contributed by atoms with Crippen LogP contribution >= 0.6 is 136 Å². The molecular weight excluding hydrogens is 1320 g/mol. The summed E-state index contributed by atoms with van der Waals surface area (Å²) in [7, 11) is 0. The van der Waals surface area contributed by atoms with E-state index in [0.29, 0.717) is 19.1 Å². The number of nitrogens with zero attached hydrogens (tertiary/aromatic N) is 2. The molecule has 0 amide bonds. The summed E-state index contributed by atoms with van der Waals surface area (Å²) in [5.74, 6) is -0.0255. The van der Waals surface area contributed by atoms with Crippen LogP contribution in [0.1, 0.15) is 85.1 Å². The molecular formula is C36H66I6N2O6. The van der Waals surface area contributed by atoms with Crippen molar-refractivity contribution in [2.75, 3.05) is 83.3 Å². The van der Waals surface area contributed by atoms with E-state index in [4.69, 9.17) is 24.8 Å². The number of esters is 1. The van der Waals surface area contributed by atoms with Crippen molar-refractivity contribution >= 4 is 148 Å². The number of aliphatic hydroxyl groups is 3. The second kappa shape index (κ2) is 47.7. The number of morpholine rings is 1. The van der Waals surface area contributed by atoms with Crippen LogP contribution in [0.2, 0.25) is 0 Å². The topological polar surface area (TPSA) is 103 Å². The number of ether oxygens (including phenoxy) is 2. The minimum Gasteiger partial charge on any atom is -0.466 e. The Balaban J connectivity index is -0.000000252. The fraction of sp³-hybridized carbons (Fsp3) is 0.750. The third-order valence-electron chi connectivity index (χ3n) is 5.89. The van der Waals surface area contributed by atoms with Crippen LogP contribution in [0.3, 0.4) is 0 Å². The molecule has 3 heterocycles. The van der Waals surface area contributed by atoms with E-state index in [9.17, 15) is 4.79 Å². The molecule has 14 heteroatoms. The Morgan fingerprint density at radius 3 is 1.70 bits per heavy atom. The third-order valence-corrected chi connectivity index (χ3v) is 5.89. The zero-order chi connectivity index (χ0) is 38.9. The van der Waals surface area contributed by atoms with Crippen molar-refractivity contribution in [3.63, 3.8) is 0 Å². The molecule has 0 spiro atoms. The average Bonchev–Trinajstić information content (AvgIpc) is 3.34. The van der Waals surface area contributed by atoms with Gasteiger partial charge in [-0.3, -0.25) is 9.69 Å². The molecule has 3 N–H and O–H groups in total. The molecule has 50 heavy (non-hydrogen) atoms. The van der Waals surface area contributed by atoms with Gasteiger partial charge in [0.2, 0.25) is 0 Å². The maximum absolute atomic E-state index is 10.5. The van der Waals surface area contributed by atoms with Crippen molar-refractivity contribution in [2.45, 2.75) is 80.9 Å². The summed E-state index contributed by atoms with van der Waals surface area (Å²) >= 11 is 14.0. The van der Waals surface area contributed by atoms with Crippen molar-refractivity contribution < 1.29 is 29.6 Å². The molecule has 0 aliphatic carbocycles. The molecule has 0 atom stereocenters. The van der Waals surface area contributed by atoms with Crippen LogP contribution < -0.4 is 0 Å². The first-order valence-corrected chi connectivity index (χ1v) is 24.7. The van der Waals surface area contributed by atoms with Crippen LogP contribution in [0.15, 0.2) is 36.4 Å². The van der Waals surface area contributed by atoms with Crippen LogP contribution in [0.5, 0.6) is 0 Å². The smallest absolute Gasteiger partial charge is 0.305 e. The number of β-amino-alcohol motifs (C(OH)–C–C–N with tert-alkyl or cyclic N) is 2. The number of carbonyl (C=O) groups is 1. The van der Waals surface area contributed by atoms with Crippen molar-refractivity contribution in [2.24, 2.45) is 0 Å². The van der Waals surface area contributed by atoms with E-state index < -0.39 is 0 Å². The fourth-order valence-corrected chi connectivity index (χ4v) is 3.85. The van der Waals surface area contributed by atoms with E-state index >= 15 is 0 Å². The molecule has 4 rings (SSSR count). The minimum atomic E-state index is -0.0255. The summed E-state index contributed by atoms with van der Waals surface area (Å²) in [6, 6.07) is 9.89. The highest BCUT2D eigenvalue weighted by atomic mass is 127. The maximum atomic E-state index is 10.5. The van der Waals surface area contributed by atoms with Crippen molar-refractivity contribution in [3.05, 3.63) is 42.0 Å². The zero-order valence-corrected chi connectivity index (χ0v) is 43.9. The lowest BCUT2D eigenvalue weighted by molar-refractivity contribution is -0.142. The van der Waals surface area contributed by atoms with Crippen LogP contribution in [-0.2, 0) is 14.3 Å². The first-order valence-electron chi connectivity index (χ1n) is 17.5. The maximum Gasteiger partial charge on any atom is 0.305 e. The molecule has 0 radical (unpaired) electrons. The van der Waals surface area contributed by atoms with Gasteiger partial charge >= 0.3 is 5.97 Å². The molecule has 1 aromatic rings. The van der Waals surface area contributed by atoms with Gasteiger partial charge in [0.05, 0.1) is 41.6 Å². The normalized spacial score (nSPS) is 16.0. The predicted octanol–water partition coefficient (Wildman–Crippen LogP) is 10.2. The molecule has 298 valence electrons. The summed E-state index contributed by atoms with van der Waals surface area (Å²) in [5, 5.41) is 25.6. The highest BCUT2D eigenvalue weighted by molar-refractivity contribution is 14.3. The van der Waals surface area contributed by atoms with Gasteiger partial charge in [-0.05, 0) is 69.0 Å². The van der Waals surface area contributed by atoms with Crippen LogP contribution in [0.25, 0.3) is 6.08 Å². The lowest BCUT2D eigenvalue weighted by atomic mass is 10.1. The van der Waals surface area contributed by atoms with Crippen LogP contribution in [-0.4, -0.2) is 116 Å². The van der Waals surface area contributed by atoms with Gasteiger partial charge < -0.3 is 29.7 Å². The monoisotopic (exact) mass is 1380 g/mol. The van der Waals surface area contributed by atoms with E-state index in [-0.39, 0.29) is 19.2 Å². The van der Waals surface area contributed by atoms with Gasteiger partial charge in [0.15, 0.2) is 0 Å². The number of halogens is 6. The highest BCUT2D eigenvalue weighted by Gasteiger charge is 2.09. The van der Waals surface area contributed by atoms with Crippen LogP contribution in [0, 0.1) is 0 Å². The predicted molar refractivity (Wildman–Crippen MR) is 268 cm³/mol. The van der Waals surface area contributed by atoms with E-state index in [0.717, 1.165) is 66.2 Å². The number of hydrogen-bond acceptors (Lipinski definition) is 8. The standard InChI is InChI=1S/C9H10O.C7H15NO.C6H13NO2.C6H10O2.C2H3I3.C2H4I2.C2H5I.C2H6/c10-8-4-7-9-5-2-1-3-6-9;9-7-6-8-4-2-1-3-5-8;8-4-1-7-2-5-9-6-3-7;7-6-4-2-1-3-5-8-6;1-2(3,4)5;1-2(3)4;1-2-3;1-2/h1-7,10H,8H2;9H,1-7H2;8H,1-6H2;1-5H2;1H3;2H,1H3;2H2,1H3;1-2H3/b7-4+;;;;;;;. The number of rotatable bonds is 6. The van der Waals surface area contributed by atoms with Crippen LogP contribution in [0.4, 0.5) is 0 Å². The third kappa shape index (κ3) is 59.8. The Morgan fingerprint density at radius 1 is 0.820 bits per heavy atom. The lowest BCUT2D eigenvalue weighted by Crippen LogP contribution is -2.37. The van der Waals surface area contributed by atoms with Crippen molar-refractivity contribution in [3.8, 4) is 0 Å². The molecule has 8 nitrogen and oxygen atoms in total. The SMILES string of the molecule is CC.CC(I)(I)I.CC(I)I.CCI.O=C1CCCCCO1.OC/C=C/c1ccccc1.OCCN1CCCCC1.OCCN1CCOCC1. The highest BCUT2D eigenvalue weighted by Crippen LogP contribution is 2.33. The summed E-state index contributed by atoms with van der Waals surface area (Å²) in [4.78, 5) is 15.0. The quantitative estimate of drug-likeness (QED) is 0.147. The second-order valence-electron chi connectivity index (χ2n) is 10.4. The van der Waals surface area contributed by atoms with Gasteiger partial charge in [-0.15, -0.1) is 0 Å². The number of aliphatic hydroxyl groups excluding tert-OH is 3. The van der Waals surface area contributed by atoms with E-state index in [2.05, 4.69) is 166 Å². The Labute approximate surface area is 388 Å². The molecule has 1 aromatic carbocycles. The van der Waals surface area contributed by atoms with Gasteiger partial charge in [0, 0.05) is 32.6 Å². The number of carbonyl (C=O) groups excluding carboxylic acids is 1. The van der Waals surface area contributed by atoms with Crippen molar-refractivity contribution in [1.82, 2.24) is 9.80 Å². The molecule has 3 aliphatic heterocycles. The Kier molecular flexibility index (Phi) is 56.6. The summed E-state index contributed by atoms with van der Waals surface area (Å²) in [5.41, 5.74) is 1.12. The van der Waals surface area contributed by atoms with E-state index in [1.54, 1.807) is 6.08 Å². The Morgan fingerprint density at radius 2 is 1.26 bits per heavy atom. The van der Waals surface area contributed by atoms with Gasteiger partial charge in [-0.25, -0.2) is 0 Å². The number of benzene rings is 1. The summed E-state index contributed by atoms with van der Waals surface area (Å²) < 4.78 is 12.3. The summed E-state index contributed by atoms with van der Waals surface area (Å²) in [6.45, 7) is 19.4. The number of alkyl halides is 6. The van der Waals surface area contributed by atoms with Gasteiger partial charge in [0.25, 0.3) is 0 Å². The number of cyclic esters (lactones) is 1. The average molecular weight is 1380 g/mol. The second-order valence-corrected chi connectivity index (χ2v) is 30.7. The first kappa shape index (κ1) is 59.3. The van der Waals surface area contributed by atoms with Gasteiger partial charge in [-0.2, -0.15) is 0 Å². The largest absolute Gasteiger partial charge is 0.466 e. The molecule has 0 unspecified atom stereocenters. The molecule has 0 saturated carbocycles.